The van der Waals surface area contributed by atoms with E-state index >= 15 is 0 Å². The number of fused-ring (bicyclic) bond motifs is 1. The van der Waals surface area contributed by atoms with Crippen LogP contribution in [0.25, 0.3) is 0 Å². The smallest absolute Gasteiger partial charge is 0.349 e. The highest BCUT2D eigenvalue weighted by Gasteiger charge is 2.27. The maximum absolute atomic E-state index is 11.5. The number of carboxylic acid groups (broad SMARTS) is 1. The van der Waals surface area contributed by atoms with Crippen molar-refractivity contribution in [3.8, 4) is 5.75 Å². The molecule has 1 aromatic carbocycles. The van der Waals surface area contributed by atoms with Crippen molar-refractivity contribution in [2.75, 3.05) is 18.5 Å². The highest BCUT2D eigenvalue weighted by atomic mass is 16.6. The lowest BCUT2D eigenvalue weighted by atomic mass is 10.1. The summed E-state index contributed by atoms with van der Waals surface area (Å²) in [5.74, 6) is -0.991. The summed E-state index contributed by atoms with van der Waals surface area (Å²) in [4.78, 5) is 22.3. The first-order valence-electron chi connectivity index (χ1n) is 5.56. The third kappa shape index (κ3) is 2.37. The number of anilines is 1. The molecule has 0 saturated carbocycles. The number of carbonyl (C=O) groups excluding carboxylic acids is 1. The monoisotopic (exact) mass is 251 g/mol. The summed E-state index contributed by atoms with van der Waals surface area (Å²) in [5.41, 5.74) is 0.731. The number of ether oxygens (including phenoxy) is 2. The number of carboxylic acids is 1. The van der Waals surface area contributed by atoms with Gasteiger partial charge in [0, 0.05) is 0 Å². The van der Waals surface area contributed by atoms with E-state index in [4.69, 9.17) is 14.6 Å². The van der Waals surface area contributed by atoms with Gasteiger partial charge in [0.05, 0.1) is 24.4 Å². The highest BCUT2D eigenvalue weighted by Crippen LogP contribution is 2.30. The molecule has 96 valence electrons. The van der Waals surface area contributed by atoms with Gasteiger partial charge in [0.15, 0.2) is 0 Å². The van der Waals surface area contributed by atoms with Gasteiger partial charge in [-0.3, -0.25) is 0 Å². The average Bonchev–Trinajstić information content (AvgIpc) is 2.37. The third-order valence-corrected chi connectivity index (χ3v) is 2.52. The number of hydrogen-bond acceptors (Lipinski definition) is 5. The van der Waals surface area contributed by atoms with Crippen molar-refractivity contribution in [3.63, 3.8) is 0 Å². The molecule has 0 aromatic heterocycles. The Bertz CT molecular complexity index is 485. The molecule has 0 fully saturated rings. The molecule has 2 rings (SSSR count). The Kier molecular flexibility index (Phi) is 3.36. The minimum Gasteiger partial charge on any atom is -0.478 e. The van der Waals surface area contributed by atoms with E-state index < -0.39 is 18.0 Å². The van der Waals surface area contributed by atoms with Crippen molar-refractivity contribution in [2.45, 2.75) is 13.0 Å². The molecule has 0 radical (unpaired) electrons. The number of carbonyl (C=O) groups is 2. The Morgan fingerprint density at radius 2 is 2.33 bits per heavy atom. The van der Waals surface area contributed by atoms with E-state index in [1.165, 1.54) is 18.2 Å². The number of rotatable bonds is 3. The molecule has 1 atom stereocenters. The Labute approximate surface area is 104 Å². The van der Waals surface area contributed by atoms with Crippen molar-refractivity contribution in [1.82, 2.24) is 0 Å². The Morgan fingerprint density at radius 3 is 3.00 bits per heavy atom. The Hall–Kier alpha value is -2.24. The van der Waals surface area contributed by atoms with E-state index in [9.17, 15) is 9.59 Å². The van der Waals surface area contributed by atoms with Crippen LogP contribution >= 0.6 is 0 Å². The second kappa shape index (κ2) is 4.95. The van der Waals surface area contributed by atoms with Crippen molar-refractivity contribution < 1.29 is 24.2 Å². The molecular weight excluding hydrogens is 238 g/mol. The summed E-state index contributed by atoms with van der Waals surface area (Å²) in [6, 6.07) is 4.42. The Balaban J connectivity index is 2.16. The molecule has 6 heteroatoms. The van der Waals surface area contributed by atoms with Crippen LogP contribution in [0.2, 0.25) is 0 Å². The molecular formula is C12H13NO5. The van der Waals surface area contributed by atoms with Crippen LogP contribution in [-0.4, -0.2) is 36.3 Å². The van der Waals surface area contributed by atoms with Crippen molar-refractivity contribution in [1.29, 1.82) is 0 Å². The third-order valence-electron chi connectivity index (χ3n) is 2.52. The fraction of sp³-hybridized carbons (Fsp3) is 0.333. The minimum atomic E-state index is -1.01. The number of hydrogen-bond donors (Lipinski definition) is 2. The molecule has 2 N–H and O–H groups in total. The molecule has 1 aromatic rings. The fourth-order valence-electron chi connectivity index (χ4n) is 1.67. The van der Waals surface area contributed by atoms with Gasteiger partial charge >= 0.3 is 11.9 Å². The second-order valence-corrected chi connectivity index (χ2v) is 3.76. The molecule has 0 bridgehead atoms. The maximum atomic E-state index is 11.5. The summed E-state index contributed by atoms with van der Waals surface area (Å²) in [6.07, 6.45) is -0.701. The first-order valence-corrected chi connectivity index (χ1v) is 5.56. The van der Waals surface area contributed by atoms with Crippen LogP contribution in [0.1, 0.15) is 17.3 Å². The van der Waals surface area contributed by atoms with Crippen molar-refractivity contribution >= 4 is 17.6 Å². The van der Waals surface area contributed by atoms with Crippen molar-refractivity contribution in [3.05, 3.63) is 23.8 Å². The maximum Gasteiger partial charge on any atom is 0.349 e. The van der Waals surface area contributed by atoms with Crippen LogP contribution in [0.15, 0.2) is 18.2 Å². The topological polar surface area (TPSA) is 84.9 Å². The molecule has 0 amide bonds. The normalized spacial score (nSPS) is 17.1. The first-order chi connectivity index (χ1) is 8.61. The van der Waals surface area contributed by atoms with Gasteiger partial charge in [-0.05, 0) is 25.1 Å². The lowest BCUT2D eigenvalue weighted by Crippen LogP contribution is -2.39. The van der Waals surface area contributed by atoms with Crippen LogP contribution in [0, 0.1) is 0 Å². The summed E-state index contributed by atoms with van der Waals surface area (Å²) < 4.78 is 10.3. The molecule has 0 aliphatic carbocycles. The summed E-state index contributed by atoms with van der Waals surface area (Å²) in [7, 11) is 0. The zero-order chi connectivity index (χ0) is 13.1. The van der Waals surface area contributed by atoms with Gasteiger partial charge < -0.3 is 19.9 Å². The molecule has 0 saturated heterocycles. The number of esters is 1. The lowest BCUT2D eigenvalue weighted by Gasteiger charge is -2.25. The SMILES string of the molecule is CCOC(=O)C1CNc2cc(C(=O)O)ccc2O1. The van der Waals surface area contributed by atoms with Crippen LogP contribution in [0.3, 0.4) is 0 Å². The van der Waals surface area contributed by atoms with Gasteiger partial charge in [-0.2, -0.15) is 0 Å². The van der Waals surface area contributed by atoms with Gasteiger partial charge in [0.2, 0.25) is 6.10 Å². The first kappa shape index (κ1) is 12.2. The summed E-state index contributed by atoms with van der Waals surface area (Å²) >= 11 is 0. The van der Waals surface area contributed by atoms with E-state index in [-0.39, 0.29) is 12.1 Å². The van der Waals surface area contributed by atoms with Crippen LogP contribution < -0.4 is 10.1 Å². The second-order valence-electron chi connectivity index (χ2n) is 3.76. The molecule has 1 heterocycles. The zero-order valence-electron chi connectivity index (χ0n) is 9.80. The van der Waals surface area contributed by atoms with E-state index in [1.54, 1.807) is 6.92 Å². The average molecular weight is 251 g/mol. The van der Waals surface area contributed by atoms with Crippen LogP contribution in [-0.2, 0) is 9.53 Å². The van der Waals surface area contributed by atoms with E-state index in [2.05, 4.69) is 5.32 Å². The number of aromatic carboxylic acids is 1. The van der Waals surface area contributed by atoms with Crippen LogP contribution in [0.4, 0.5) is 5.69 Å². The van der Waals surface area contributed by atoms with Gasteiger partial charge in [-0.15, -0.1) is 0 Å². The molecule has 1 unspecified atom stereocenters. The van der Waals surface area contributed by atoms with Gasteiger partial charge in [-0.1, -0.05) is 0 Å². The standard InChI is InChI=1S/C12H13NO5/c1-2-17-12(16)10-6-13-8-5-7(11(14)15)3-4-9(8)18-10/h3-5,10,13H,2,6H2,1H3,(H,14,15). The van der Waals surface area contributed by atoms with Gasteiger partial charge in [0.25, 0.3) is 0 Å². The summed E-state index contributed by atoms with van der Waals surface area (Å²) in [6.45, 7) is 2.28. The highest BCUT2D eigenvalue weighted by molar-refractivity contribution is 5.90. The predicted octanol–water partition coefficient (Wildman–Crippen LogP) is 1.12. The largest absolute Gasteiger partial charge is 0.478 e. The Morgan fingerprint density at radius 1 is 1.56 bits per heavy atom. The zero-order valence-corrected chi connectivity index (χ0v) is 9.80. The van der Waals surface area contributed by atoms with E-state index in [0.717, 1.165) is 0 Å². The van der Waals surface area contributed by atoms with Gasteiger partial charge in [0.1, 0.15) is 5.75 Å². The van der Waals surface area contributed by atoms with E-state index in [1.807, 2.05) is 0 Å². The number of benzene rings is 1. The molecule has 18 heavy (non-hydrogen) atoms. The van der Waals surface area contributed by atoms with Crippen LogP contribution in [0.5, 0.6) is 5.75 Å². The molecule has 0 spiro atoms. The molecule has 6 nitrogen and oxygen atoms in total. The summed E-state index contributed by atoms with van der Waals surface area (Å²) in [5, 5.41) is 11.8. The molecule has 1 aliphatic rings. The quantitative estimate of drug-likeness (QED) is 0.783. The lowest BCUT2D eigenvalue weighted by molar-refractivity contribution is -0.150. The predicted molar refractivity (Wildman–Crippen MR) is 62.9 cm³/mol. The van der Waals surface area contributed by atoms with E-state index in [0.29, 0.717) is 18.0 Å². The van der Waals surface area contributed by atoms with Gasteiger partial charge in [-0.25, -0.2) is 9.59 Å². The fourth-order valence-corrected chi connectivity index (χ4v) is 1.67. The molecule has 1 aliphatic heterocycles. The number of nitrogens with one attached hydrogen (secondary N) is 1. The minimum absolute atomic E-state index is 0.166. The van der Waals surface area contributed by atoms with Crippen molar-refractivity contribution in [2.24, 2.45) is 0 Å².